The molecule has 3 nitrogen and oxygen atoms in total. The number of alkyl halides is 1. The zero-order valence-corrected chi connectivity index (χ0v) is 13.2. The van der Waals surface area contributed by atoms with Gasteiger partial charge in [0.2, 0.25) is 0 Å². The van der Waals surface area contributed by atoms with Gasteiger partial charge in [-0.15, -0.1) is 24.0 Å². The Kier molecular flexibility index (Phi) is 4.32. The Morgan fingerprint density at radius 2 is 1.95 bits per heavy atom. The van der Waals surface area contributed by atoms with Crippen LogP contribution < -0.4 is 10.6 Å². The number of benzene rings is 1. The first-order chi connectivity index (χ1) is 8.72. The largest absolute Gasteiger partial charge is 0.354 e. The van der Waals surface area contributed by atoms with Gasteiger partial charge in [-0.2, -0.15) is 0 Å². The molecule has 2 saturated carbocycles. The summed E-state index contributed by atoms with van der Waals surface area (Å²) < 4.78 is 14.6. The van der Waals surface area contributed by atoms with Crippen LogP contribution in [0.25, 0.3) is 0 Å². The number of nitrogens with one attached hydrogen (secondary N) is 2. The lowest BCUT2D eigenvalue weighted by atomic mass is 10.1. The van der Waals surface area contributed by atoms with Crippen molar-refractivity contribution >= 4 is 29.9 Å². The van der Waals surface area contributed by atoms with Gasteiger partial charge in [0.1, 0.15) is 0 Å². The smallest absolute Gasteiger partial charge is 0.191 e. The van der Waals surface area contributed by atoms with Crippen LogP contribution in [0.3, 0.4) is 0 Å². The van der Waals surface area contributed by atoms with Gasteiger partial charge in [-0.3, -0.25) is 4.99 Å². The second kappa shape index (κ2) is 5.64. The maximum absolute atomic E-state index is 14.6. The third kappa shape index (κ3) is 3.19. The minimum Gasteiger partial charge on any atom is -0.354 e. The number of guanidine groups is 1. The molecule has 0 radical (unpaired) electrons. The normalized spacial score (nSPS) is 29.4. The summed E-state index contributed by atoms with van der Waals surface area (Å²) in [7, 11) is 1.72. The Hall–Kier alpha value is -0.850. The summed E-state index contributed by atoms with van der Waals surface area (Å²) in [6, 6.07) is 9.72. The molecular formula is C14H19FIN3. The molecular weight excluding hydrogens is 356 g/mol. The van der Waals surface area contributed by atoms with Gasteiger partial charge in [-0.05, 0) is 18.4 Å². The van der Waals surface area contributed by atoms with Crippen LogP contribution in [0.1, 0.15) is 24.8 Å². The maximum Gasteiger partial charge on any atom is 0.191 e. The number of rotatable bonds is 3. The summed E-state index contributed by atoms with van der Waals surface area (Å²) in [6.45, 7) is 0. The molecule has 2 aliphatic rings. The summed E-state index contributed by atoms with van der Waals surface area (Å²) in [6.07, 6.45) is 2.89. The van der Waals surface area contributed by atoms with Gasteiger partial charge in [0, 0.05) is 19.5 Å². The Bertz CT molecular complexity index is 461. The maximum atomic E-state index is 14.6. The van der Waals surface area contributed by atoms with Crippen molar-refractivity contribution in [3.05, 3.63) is 35.9 Å². The third-order valence-electron chi connectivity index (χ3n) is 3.60. The van der Waals surface area contributed by atoms with Gasteiger partial charge >= 0.3 is 0 Å². The zero-order chi connectivity index (χ0) is 12.6. The molecule has 0 bridgehead atoms. The molecule has 2 aliphatic carbocycles. The minimum absolute atomic E-state index is 0. The highest BCUT2D eigenvalue weighted by atomic mass is 127. The molecule has 2 fully saturated rings. The van der Waals surface area contributed by atoms with Crippen molar-refractivity contribution in [3.8, 4) is 0 Å². The molecule has 104 valence electrons. The van der Waals surface area contributed by atoms with Crippen molar-refractivity contribution in [2.75, 3.05) is 7.05 Å². The van der Waals surface area contributed by atoms with Gasteiger partial charge in [0.15, 0.2) is 11.6 Å². The van der Waals surface area contributed by atoms with E-state index in [1.54, 1.807) is 7.05 Å². The van der Waals surface area contributed by atoms with Gasteiger partial charge < -0.3 is 10.6 Å². The lowest BCUT2D eigenvalue weighted by Gasteiger charge is -2.13. The third-order valence-corrected chi connectivity index (χ3v) is 3.60. The average Bonchev–Trinajstić information content (AvgIpc) is 3.30. The molecule has 3 rings (SSSR count). The monoisotopic (exact) mass is 375 g/mol. The van der Waals surface area contributed by atoms with E-state index in [9.17, 15) is 4.39 Å². The fourth-order valence-corrected chi connectivity index (χ4v) is 2.19. The molecule has 2 unspecified atom stereocenters. The summed E-state index contributed by atoms with van der Waals surface area (Å²) in [5, 5.41) is 6.44. The van der Waals surface area contributed by atoms with E-state index in [2.05, 4.69) is 15.6 Å². The number of nitrogens with zero attached hydrogens (tertiary/aromatic N) is 1. The van der Waals surface area contributed by atoms with Crippen LogP contribution in [-0.2, 0) is 5.67 Å². The van der Waals surface area contributed by atoms with E-state index in [1.165, 1.54) is 12.8 Å². The fourth-order valence-electron chi connectivity index (χ4n) is 2.19. The van der Waals surface area contributed by atoms with E-state index in [-0.39, 0.29) is 30.0 Å². The molecule has 0 aliphatic heterocycles. The SMILES string of the molecule is CN=C(NC1CC1)NC1CC1(F)c1ccccc1.I. The highest BCUT2D eigenvalue weighted by Gasteiger charge is 2.57. The van der Waals surface area contributed by atoms with E-state index < -0.39 is 5.67 Å². The molecule has 0 aromatic heterocycles. The molecule has 0 saturated heterocycles. The van der Waals surface area contributed by atoms with Crippen molar-refractivity contribution in [1.29, 1.82) is 0 Å². The highest BCUT2D eigenvalue weighted by molar-refractivity contribution is 14.0. The van der Waals surface area contributed by atoms with Crippen LogP contribution >= 0.6 is 24.0 Å². The predicted molar refractivity (Wildman–Crippen MR) is 85.7 cm³/mol. The van der Waals surface area contributed by atoms with Gasteiger partial charge in [-0.25, -0.2) is 4.39 Å². The molecule has 2 atom stereocenters. The number of hydrogen-bond acceptors (Lipinski definition) is 1. The molecule has 0 amide bonds. The lowest BCUT2D eigenvalue weighted by molar-refractivity contribution is 0.300. The van der Waals surface area contributed by atoms with E-state index in [0.717, 1.165) is 11.5 Å². The van der Waals surface area contributed by atoms with Crippen molar-refractivity contribution in [2.24, 2.45) is 4.99 Å². The molecule has 1 aromatic carbocycles. The highest BCUT2D eigenvalue weighted by Crippen LogP contribution is 2.49. The van der Waals surface area contributed by atoms with Crippen molar-refractivity contribution in [1.82, 2.24) is 10.6 Å². The van der Waals surface area contributed by atoms with Crippen LogP contribution in [0.5, 0.6) is 0 Å². The summed E-state index contributed by atoms with van der Waals surface area (Å²) in [5.74, 6) is 0.720. The zero-order valence-electron chi connectivity index (χ0n) is 10.9. The Labute approximate surface area is 130 Å². The lowest BCUT2D eigenvalue weighted by Crippen LogP contribution is -2.41. The molecule has 2 N–H and O–H groups in total. The van der Waals surface area contributed by atoms with E-state index in [4.69, 9.17) is 0 Å². The second-order valence-corrected chi connectivity index (χ2v) is 5.12. The Balaban J connectivity index is 0.00000133. The standard InChI is InChI=1S/C14H18FN3.HI/c1-16-13(17-11-7-8-11)18-12-9-14(12,15)10-5-3-2-4-6-10;/h2-6,11-12H,7-9H2,1H3,(H2,16,17,18);1H. The summed E-state index contributed by atoms with van der Waals surface area (Å²) in [4.78, 5) is 4.14. The molecule has 5 heteroatoms. The van der Waals surface area contributed by atoms with E-state index >= 15 is 0 Å². The predicted octanol–water partition coefficient (Wildman–Crippen LogP) is 2.57. The van der Waals surface area contributed by atoms with Crippen molar-refractivity contribution in [2.45, 2.75) is 37.0 Å². The number of aliphatic imine (C=N–C) groups is 1. The first-order valence-corrected chi connectivity index (χ1v) is 6.46. The average molecular weight is 375 g/mol. The summed E-state index contributed by atoms with van der Waals surface area (Å²) >= 11 is 0. The molecule has 0 heterocycles. The van der Waals surface area contributed by atoms with Gasteiger partial charge in [0.25, 0.3) is 0 Å². The first-order valence-electron chi connectivity index (χ1n) is 6.46. The van der Waals surface area contributed by atoms with Crippen LogP contribution in [-0.4, -0.2) is 25.1 Å². The van der Waals surface area contributed by atoms with E-state index in [0.29, 0.717) is 12.5 Å². The van der Waals surface area contributed by atoms with Crippen molar-refractivity contribution < 1.29 is 4.39 Å². The Morgan fingerprint density at radius 1 is 1.26 bits per heavy atom. The first kappa shape index (κ1) is 14.6. The fraction of sp³-hybridized carbons (Fsp3) is 0.500. The topological polar surface area (TPSA) is 36.4 Å². The second-order valence-electron chi connectivity index (χ2n) is 5.12. The van der Waals surface area contributed by atoms with Crippen LogP contribution in [0.15, 0.2) is 35.3 Å². The quantitative estimate of drug-likeness (QED) is 0.484. The van der Waals surface area contributed by atoms with E-state index in [1.807, 2.05) is 30.3 Å². The molecule has 1 aromatic rings. The van der Waals surface area contributed by atoms with Crippen LogP contribution in [0, 0.1) is 0 Å². The van der Waals surface area contributed by atoms with Crippen LogP contribution in [0.2, 0.25) is 0 Å². The number of halogens is 2. The molecule has 19 heavy (non-hydrogen) atoms. The van der Waals surface area contributed by atoms with Gasteiger partial charge in [0.05, 0.1) is 6.04 Å². The molecule has 0 spiro atoms. The van der Waals surface area contributed by atoms with Gasteiger partial charge in [-0.1, -0.05) is 30.3 Å². The van der Waals surface area contributed by atoms with Crippen LogP contribution in [0.4, 0.5) is 4.39 Å². The summed E-state index contributed by atoms with van der Waals surface area (Å²) in [5.41, 5.74) is -0.480. The minimum atomic E-state index is -1.23. The van der Waals surface area contributed by atoms with Crippen molar-refractivity contribution in [3.63, 3.8) is 0 Å². The Morgan fingerprint density at radius 3 is 2.53 bits per heavy atom. The number of hydrogen-bond donors (Lipinski definition) is 2.